The van der Waals surface area contributed by atoms with Gasteiger partial charge in [-0.1, -0.05) is 189 Å². The molecule has 0 N–H and O–H groups in total. The highest BCUT2D eigenvalue weighted by molar-refractivity contribution is 4.67. The van der Waals surface area contributed by atoms with Crippen LogP contribution in [0, 0.1) is 35.0 Å². The van der Waals surface area contributed by atoms with E-state index in [0.29, 0.717) is 0 Å². The number of nitrogens with zero attached hydrogens (tertiary/aromatic N) is 1. The lowest BCUT2D eigenvalue weighted by Crippen LogP contribution is -2.02. The average Bonchev–Trinajstić information content (AvgIpc) is 2.86. The summed E-state index contributed by atoms with van der Waals surface area (Å²) in [7, 11) is 0. The first kappa shape index (κ1) is 36.5. The molecule has 0 heterocycles. The second-order valence-corrected chi connectivity index (χ2v) is 13.3. The number of hydrogen-bond acceptors (Lipinski definition) is 1. The van der Waals surface area contributed by atoms with Crippen molar-refractivity contribution in [3.63, 3.8) is 0 Å². The van der Waals surface area contributed by atoms with Crippen LogP contribution in [-0.2, 0) is 0 Å². The molecule has 0 spiro atoms. The molecule has 0 amide bonds. The topological polar surface area (TPSA) is 23.8 Å². The molecule has 0 aliphatic heterocycles. The molecular formula is C36H71N. The predicted octanol–water partition coefficient (Wildman–Crippen LogP) is 13.2. The van der Waals surface area contributed by atoms with Gasteiger partial charge < -0.3 is 0 Å². The Hall–Kier alpha value is -0.510. The summed E-state index contributed by atoms with van der Waals surface area (Å²) in [5.74, 6) is 3.73. The van der Waals surface area contributed by atoms with Gasteiger partial charge in [0.05, 0.1) is 6.07 Å². The molecule has 0 aromatic carbocycles. The molecule has 0 aliphatic rings. The molecule has 0 saturated heterocycles. The summed E-state index contributed by atoms with van der Waals surface area (Å²) in [4.78, 5) is 0. The van der Waals surface area contributed by atoms with Crippen LogP contribution in [0.3, 0.4) is 0 Å². The van der Waals surface area contributed by atoms with Crippen LogP contribution in [0.4, 0.5) is 0 Å². The van der Waals surface area contributed by atoms with Gasteiger partial charge in [-0.25, -0.2) is 0 Å². The summed E-state index contributed by atoms with van der Waals surface area (Å²) in [6.07, 6.45) is 36.1. The molecule has 0 rings (SSSR count). The number of hydrogen-bond donors (Lipinski definition) is 0. The lowest BCUT2D eigenvalue weighted by molar-refractivity contribution is 0.366. The highest BCUT2D eigenvalue weighted by atomic mass is 14.2. The quantitative estimate of drug-likeness (QED) is 0.0905. The SMILES string of the molecule is CCCC(C)CCCC(C)CCCC(C)CCCC(C)CCCCCCCCCCCCCCCC#N. The van der Waals surface area contributed by atoms with E-state index in [1.165, 1.54) is 154 Å². The second-order valence-electron chi connectivity index (χ2n) is 13.3. The predicted molar refractivity (Wildman–Crippen MR) is 168 cm³/mol. The Bertz CT molecular complexity index is 478. The van der Waals surface area contributed by atoms with Crippen LogP contribution in [0.25, 0.3) is 0 Å². The van der Waals surface area contributed by atoms with Gasteiger partial charge in [-0.05, 0) is 30.1 Å². The van der Waals surface area contributed by atoms with Crippen LogP contribution in [0.15, 0.2) is 0 Å². The van der Waals surface area contributed by atoms with Crippen molar-refractivity contribution in [3.05, 3.63) is 0 Å². The zero-order valence-corrected chi connectivity index (χ0v) is 26.6. The first-order chi connectivity index (χ1) is 18.0. The molecule has 0 fully saturated rings. The van der Waals surface area contributed by atoms with E-state index in [1.54, 1.807) is 0 Å². The van der Waals surface area contributed by atoms with Crippen LogP contribution >= 0.6 is 0 Å². The normalized spacial score (nSPS) is 14.8. The number of unbranched alkanes of at least 4 members (excludes halogenated alkanes) is 13. The maximum Gasteiger partial charge on any atom is 0.0621 e. The standard InChI is InChI=1S/C36H71N/c1-6-24-33(2)26-21-28-35(4)30-23-31-36(5)29-22-27-34(3)25-19-17-15-13-11-9-7-8-10-12-14-16-18-20-32-37/h33-36H,6-31H2,1-5H3. The van der Waals surface area contributed by atoms with Crippen molar-refractivity contribution in [2.45, 2.75) is 202 Å². The molecule has 37 heavy (non-hydrogen) atoms. The monoisotopic (exact) mass is 518 g/mol. The summed E-state index contributed by atoms with van der Waals surface area (Å²) in [5, 5.41) is 8.55. The van der Waals surface area contributed by atoms with Crippen LogP contribution in [0.5, 0.6) is 0 Å². The number of rotatable bonds is 29. The molecule has 1 nitrogen and oxygen atoms in total. The molecule has 220 valence electrons. The van der Waals surface area contributed by atoms with Gasteiger partial charge in [0.25, 0.3) is 0 Å². The fraction of sp³-hybridized carbons (Fsp3) is 0.972. The summed E-state index contributed by atoms with van der Waals surface area (Å²) in [6, 6.07) is 2.24. The van der Waals surface area contributed by atoms with Crippen LogP contribution in [0.1, 0.15) is 202 Å². The third-order valence-electron chi connectivity index (χ3n) is 8.95. The van der Waals surface area contributed by atoms with E-state index in [1.807, 2.05) is 0 Å². The van der Waals surface area contributed by atoms with Crippen molar-refractivity contribution in [1.82, 2.24) is 0 Å². The molecule has 4 atom stereocenters. The van der Waals surface area contributed by atoms with Gasteiger partial charge in [-0.15, -0.1) is 0 Å². The van der Waals surface area contributed by atoms with Crippen molar-refractivity contribution in [2.24, 2.45) is 23.7 Å². The summed E-state index contributed by atoms with van der Waals surface area (Å²) < 4.78 is 0. The van der Waals surface area contributed by atoms with E-state index < -0.39 is 0 Å². The Morgan fingerprint density at radius 1 is 0.378 bits per heavy atom. The summed E-state index contributed by atoms with van der Waals surface area (Å²) >= 11 is 0. The summed E-state index contributed by atoms with van der Waals surface area (Å²) in [6.45, 7) is 12.2. The third-order valence-corrected chi connectivity index (χ3v) is 8.95. The minimum absolute atomic E-state index is 0.747. The highest BCUT2D eigenvalue weighted by Crippen LogP contribution is 2.24. The van der Waals surface area contributed by atoms with E-state index in [9.17, 15) is 0 Å². The molecule has 1 heteroatoms. The molecule has 4 unspecified atom stereocenters. The van der Waals surface area contributed by atoms with Crippen LogP contribution in [0.2, 0.25) is 0 Å². The Kier molecular flexibility index (Phi) is 28.1. The molecule has 0 radical (unpaired) electrons. The highest BCUT2D eigenvalue weighted by Gasteiger charge is 2.09. The maximum atomic E-state index is 8.55. The van der Waals surface area contributed by atoms with Crippen molar-refractivity contribution in [2.75, 3.05) is 0 Å². The van der Waals surface area contributed by atoms with Crippen molar-refractivity contribution in [3.8, 4) is 6.07 Å². The fourth-order valence-corrected chi connectivity index (χ4v) is 6.16. The van der Waals surface area contributed by atoms with E-state index >= 15 is 0 Å². The van der Waals surface area contributed by atoms with Crippen molar-refractivity contribution in [1.29, 1.82) is 5.26 Å². The van der Waals surface area contributed by atoms with E-state index in [-0.39, 0.29) is 0 Å². The van der Waals surface area contributed by atoms with Crippen LogP contribution < -0.4 is 0 Å². The van der Waals surface area contributed by atoms with Gasteiger partial charge in [0.15, 0.2) is 0 Å². The number of nitriles is 1. The van der Waals surface area contributed by atoms with Gasteiger partial charge >= 0.3 is 0 Å². The molecular weight excluding hydrogens is 446 g/mol. The lowest BCUT2D eigenvalue weighted by Gasteiger charge is -2.16. The van der Waals surface area contributed by atoms with E-state index in [2.05, 4.69) is 40.7 Å². The minimum Gasteiger partial charge on any atom is -0.198 e. The Morgan fingerprint density at radius 3 is 0.973 bits per heavy atom. The smallest absolute Gasteiger partial charge is 0.0621 e. The van der Waals surface area contributed by atoms with Gasteiger partial charge in [0.2, 0.25) is 0 Å². The zero-order valence-electron chi connectivity index (χ0n) is 26.6. The third kappa shape index (κ3) is 28.3. The largest absolute Gasteiger partial charge is 0.198 e. The lowest BCUT2D eigenvalue weighted by atomic mass is 9.90. The Morgan fingerprint density at radius 2 is 0.649 bits per heavy atom. The Labute approximate surface area is 236 Å². The summed E-state index contributed by atoms with van der Waals surface area (Å²) in [5.41, 5.74) is 0. The Balaban J connectivity index is 3.39. The van der Waals surface area contributed by atoms with Gasteiger partial charge in [-0.2, -0.15) is 5.26 Å². The first-order valence-corrected chi connectivity index (χ1v) is 17.4. The first-order valence-electron chi connectivity index (χ1n) is 17.4. The molecule has 0 aromatic rings. The van der Waals surface area contributed by atoms with Crippen molar-refractivity contribution >= 4 is 0 Å². The average molecular weight is 518 g/mol. The van der Waals surface area contributed by atoms with E-state index in [4.69, 9.17) is 5.26 Å². The van der Waals surface area contributed by atoms with E-state index in [0.717, 1.165) is 36.5 Å². The maximum absolute atomic E-state index is 8.55. The minimum atomic E-state index is 0.747. The van der Waals surface area contributed by atoms with Gasteiger partial charge in [0.1, 0.15) is 0 Å². The van der Waals surface area contributed by atoms with Crippen molar-refractivity contribution < 1.29 is 0 Å². The van der Waals surface area contributed by atoms with Gasteiger partial charge in [-0.3, -0.25) is 0 Å². The fourth-order valence-electron chi connectivity index (χ4n) is 6.16. The molecule has 0 bridgehead atoms. The zero-order chi connectivity index (χ0) is 27.4. The van der Waals surface area contributed by atoms with Gasteiger partial charge in [0, 0.05) is 6.42 Å². The second kappa shape index (κ2) is 28.5. The molecule has 0 aromatic heterocycles. The molecule has 0 aliphatic carbocycles. The van der Waals surface area contributed by atoms with Crippen LogP contribution in [-0.4, -0.2) is 0 Å². The molecule has 0 saturated carbocycles.